The van der Waals surface area contributed by atoms with Gasteiger partial charge in [0.2, 0.25) is 0 Å². The molecule has 2 aromatic heterocycles. The fourth-order valence-corrected chi connectivity index (χ4v) is 3.54. The molecule has 3 heterocycles. The van der Waals surface area contributed by atoms with Crippen LogP contribution in [-0.2, 0) is 0 Å². The molecule has 0 bridgehead atoms. The summed E-state index contributed by atoms with van der Waals surface area (Å²) >= 11 is 0. The van der Waals surface area contributed by atoms with Gasteiger partial charge in [-0.2, -0.15) is 10.2 Å². The van der Waals surface area contributed by atoms with Gasteiger partial charge in [-0.3, -0.25) is 9.48 Å². The first-order chi connectivity index (χ1) is 13.6. The van der Waals surface area contributed by atoms with Crippen LogP contribution in [0.1, 0.15) is 47.9 Å². The minimum Gasteiger partial charge on any atom is -0.334 e. The van der Waals surface area contributed by atoms with E-state index < -0.39 is 0 Å². The van der Waals surface area contributed by atoms with Crippen molar-refractivity contribution in [3.05, 3.63) is 60.4 Å². The number of nitrogens with zero attached hydrogens (tertiary/aromatic N) is 6. The van der Waals surface area contributed by atoms with Crippen LogP contribution in [0.15, 0.2) is 49.2 Å². The maximum absolute atomic E-state index is 12.9. The zero-order chi connectivity index (χ0) is 19.5. The van der Waals surface area contributed by atoms with E-state index in [0.717, 1.165) is 37.2 Å². The molecule has 8 nitrogen and oxygen atoms in total. The Morgan fingerprint density at radius 2 is 2.11 bits per heavy atom. The van der Waals surface area contributed by atoms with Gasteiger partial charge >= 0.3 is 0 Å². The smallest absolute Gasteiger partial charge is 0.274 e. The van der Waals surface area contributed by atoms with E-state index in [0.29, 0.717) is 11.7 Å². The van der Waals surface area contributed by atoms with E-state index in [2.05, 4.69) is 20.5 Å². The van der Waals surface area contributed by atoms with Crippen LogP contribution in [0.25, 0.3) is 5.69 Å². The molecule has 3 aromatic rings. The van der Waals surface area contributed by atoms with Crippen molar-refractivity contribution in [2.24, 2.45) is 0 Å². The molecular weight excluding hydrogens is 354 g/mol. The highest BCUT2D eigenvalue weighted by molar-refractivity contribution is 5.92. The molecule has 1 aliphatic rings. The van der Waals surface area contributed by atoms with Crippen LogP contribution in [0.3, 0.4) is 0 Å². The maximum atomic E-state index is 12.9. The summed E-state index contributed by atoms with van der Waals surface area (Å²) in [7, 11) is 1.82. The van der Waals surface area contributed by atoms with E-state index in [-0.39, 0.29) is 11.9 Å². The number of piperidine rings is 1. The Balaban J connectivity index is 1.45. The molecule has 146 valence electrons. The molecule has 2 atom stereocenters. The van der Waals surface area contributed by atoms with Gasteiger partial charge in [-0.1, -0.05) is 12.1 Å². The quantitative estimate of drug-likeness (QED) is 0.735. The van der Waals surface area contributed by atoms with Crippen LogP contribution in [0.2, 0.25) is 0 Å². The zero-order valence-electron chi connectivity index (χ0n) is 16.2. The van der Waals surface area contributed by atoms with Crippen molar-refractivity contribution in [2.45, 2.75) is 31.8 Å². The summed E-state index contributed by atoms with van der Waals surface area (Å²) < 4.78 is 3.63. The summed E-state index contributed by atoms with van der Waals surface area (Å²) in [5.41, 5.74) is 2.47. The van der Waals surface area contributed by atoms with Gasteiger partial charge in [-0.05, 0) is 50.1 Å². The summed E-state index contributed by atoms with van der Waals surface area (Å²) in [5.74, 6) is -0.0737. The first kappa shape index (κ1) is 18.4. The summed E-state index contributed by atoms with van der Waals surface area (Å²) in [6, 6.07) is 10.0. The molecule has 1 N–H and O–H groups in total. The van der Waals surface area contributed by atoms with Crippen LogP contribution in [0.4, 0.5) is 0 Å². The summed E-state index contributed by atoms with van der Waals surface area (Å²) in [5, 5.41) is 12.1. The van der Waals surface area contributed by atoms with Gasteiger partial charge in [-0.25, -0.2) is 9.67 Å². The molecular formula is C20H25N7O. The number of benzene rings is 1. The summed E-state index contributed by atoms with van der Waals surface area (Å²) in [4.78, 5) is 18.6. The van der Waals surface area contributed by atoms with E-state index in [1.807, 2.05) is 55.2 Å². The van der Waals surface area contributed by atoms with Crippen molar-refractivity contribution in [2.75, 3.05) is 20.1 Å². The van der Waals surface area contributed by atoms with Crippen molar-refractivity contribution in [1.29, 1.82) is 0 Å². The number of carbonyl (C=O) groups is 1. The maximum Gasteiger partial charge on any atom is 0.274 e. The molecule has 0 spiro atoms. The number of amides is 1. The molecule has 0 aliphatic carbocycles. The number of aromatic nitrogens is 5. The van der Waals surface area contributed by atoms with Gasteiger partial charge in [0.05, 0.1) is 17.8 Å². The Morgan fingerprint density at radius 3 is 2.79 bits per heavy atom. The third-order valence-electron chi connectivity index (χ3n) is 5.43. The molecule has 28 heavy (non-hydrogen) atoms. The normalized spacial score (nSPS) is 18.0. The van der Waals surface area contributed by atoms with Crippen LogP contribution < -0.4 is 5.32 Å². The monoisotopic (exact) mass is 379 g/mol. The van der Waals surface area contributed by atoms with E-state index in [4.69, 9.17) is 0 Å². The number of nitrogens with one attached hydrogen (secondary N) is 1. The fraction of sp³-hybridized carbons (Fsp3) is 0.400. The van der Waals surface area contributed by atoms with Crippen LogP contribution in [-0.4, -0.2) is 55.5 Å². The number of hydrogen-bond acceptors (Lipinski definition) is 5. The second kappa shape index (κ2) is 7.93. The molecule has 1 aromatic carbocycles. The Hall–Kier alpha value is -3.00. The minimum atomic E-state index is -0.0737. The van der Waals surface area contributed by atoms with Gasteiger partial charge in [-0.15, -0.1) is 0 Å². The van der Waals surface area contributed by atoms with E-state index in [1.54, 1.807) is 15.9 Å². The van der Waals surface area contributed by atoms with Crippen molar-refractivity contribution in [1.82, 2.24) is 34.8 Å². The Kier molecular flexibility index (Phi) is 5.21. The minimum absolute atomic E-state index is 0.0706. The van der Waals surface area contributed by atoms with E-state index in [1.165, 1.54) is 6.33 Å². The van der Waals surface area contributed by atoms with Crippen LogP contribution in [0.5, 0.6) is 0 Å². The van der Waals surface area contributed by atoms with E-state index in [9.17, 15) is 4.79 Å². The Bertz CT molecular complexity index is 910. The number of rotatable bonds is 5. The van der Waals surface area contributed by atoms with Crippen molar-refractivity contribution in [3.63, 3.8) is 0 Å². The first-order valence-corrected chi connectivity index (χ1v) is 9.61. The summed E-state index contributed by atoms with van der Waals surface area (Å²) in [6.07, 6.45) is 7.30. The molecule has 0 radical (unpaired) electrons. The second-order valence-corrected chi connectivity index (χ2v) is 7.20. The number of hydrogen-bond donors (Lipinski definition) is 1. The summed E-state index contributed by atoms with van der Waals surface area (Å²) in [6.45, 7) is 3.98. The predicted octanol–water partition coefficient (Wildman–Crippen LogP) is 2.22. The van der Waals surface area contributed by atoms with Crippen molar-refractivity contribution < 1.29 is 4.79 Å². The van der Waals surface area contributed by atoms with Gasteiger partial charge in [0, 0.05) is 19.8 Å². The van der Waals surface area contributed by atoms with Crippen LogP contribution >= 0.6 is 0 Å². The van der Waals surface area contributed by atoms with E-state index >= 15 is 0 Å². The average molecular weight is 379 g/mol. The van der Waals surface area contributed by atoms with Gasteiger partial charge in [0.25, 0.3) is 5.91 Å². The lowest BCUT2D eigenvalue weighted by atomic mass is 10.1. The predicted molar refractivity (Wildman–Crippen MR) is 105 cm³/mol. The highest BCUT2D eigenvalue weighted by atomic mass is 16.2. The Morgan fingerprint density at radius 1 is 1.29 bits per heavy atom. The molecule has 2 unspecified atom stereocenters. The van der Waals surface area contributed by atoms with Gasteiger partial charge < -0.3 is 10.2 Å². The number of carbonyl (C=O) groups excluding carboxylic acids is 1. The highest BCUT2D eigenvalue weighted by Gasteiger charge is 2.23. The lowest BCUT2D eigenvalue weighted by Crippen LogP contribution is -2.33. The highest BCUT2D eigenvalue weighted by Crippen LogP contribution is 2.22. The lowest BCUT2D eigenvalue weighted by molar-refractivity contribution is 0.0735. The third kappa shape index (κ3) is 3.68. The zero-order valence-corrected chi connectivity index (χ0v) is 16.2. The standard InChI is InChI=1S/C20H25N7O/c1-15(16-5-7-17(8-6-16)27-14-22-13-23-27)25(2)20(28)19-9-11-26(24-19)18-4-3-10-21-12-18/h5-9,11,13-15,18,21H,3-4,10,12H2,1-2H3. The molecule has 0 saturated carbocycles. The molecule has 1 saturated heterocycles. The molecule has 1 aliphatic heterocycles. The molecule has 4 rings (SSSR count). The average Bonchev–Trinajstić information content (AvgIpc) is 3.45. The van der Waals surface area contributed by atoms with Gasteiger partial charge in [0.15, 0.2) is 0 Å². The second-order valence-electron chi connectivity index (χ2n) is 7.20. The fourth-order valence-electron chi connectivity index (χ4n) is 3.54. The SMILES string of the molecule is CC(c1ccc(-n2cncn2)cc1)N(C)C(=O)c1ccn(C2CCCNC2)n1. The molecule has 8 heteroatoms. The van der Waals surface area contributed by atoms with Crippen molar-refractivity contribution >= 4 is 5.91 Å². The van der Waals surface area contributed by atoms with Crippen LogP contribution in [0, 0.1) is 0 Å². The van der Waals surface area contributed by atoms with Gasteiger partial charge in [0.1, 0.15) is 18.3 Å². The lowest BCUT2D eigenvalue weighted by Gasteiger charge is -2.25. The van der Waals surface area contributed by atoms with Crippen molar-refractivity contribution in [3.8, 4) is 5.69 Å². The largest absolute Gasteiger partial charge is 0.334 e. The molecule has 1 amide bonds. The third-order valence-corrected chi connectivity index (χ3v) is 5.43. The first-order valence-electron chi connectivity index (χ1n) is 9.61. The molecule has 1 fully saturated rings. The topological polar surface area (TPSA) is 80.9 Å². The Labute approximate surface area is 164 Å².